The maximum absolute atomic E-state index is 12.7. The first-order valence-corrected chi connectivity index (χ1v) is 7.75. The fourth-order valence-corrected chi connectivity index (χ4v) is 3.73. The highest BCUT2D eigenvalue weighted by molar-refractivity contribution is 7.25. The fourth-order valence-electron chi connectivity index (χ4n) is 2.57. The molecule has 0 saturated carbocycles. The second-order valence-electron chi connectivity index (χ2n) is 4.91. The van der Waals surface area contributed by atoms with Crippen LogP contribution in [-0.4, -0.2) is 22.9 Å². The first-order valence-electron chi connectivity index (χ1n) is 6.93. The van der Waals surface area contributed by atoms with Crippen LogP contribution in [0.5, 0.6) is 0 Å². The quantitative estimate of drug-likeness (QED) is 0.678. The van der Waals surface area contributed by atoms with Gasteiger partial charge in [-0.1, -0.05) is 24.3 Å². The molecule has 0 bridgehead atoms. The van der Waals surface area contributed by atoms with Crippen LogP contribution in [0, 0.1) is 0 Å². The van der Waals surface area contributed by atoms with Crippen molar-refractivity contribution in [2.75, 3.05) is 13.7 Å². The number of allylic oxidation sites excluding steroid dienone is 1. The summed E-state index contributed by atoms with van der Waals surface area (Å²) in [5, 5.41) is 0.928. The zero-order valence-electron chi connectivity index (χ0n) is 12.2. The number of aromatic nitrogens is 2. The summed E-state index contributed by atoms with van der Waals surface area (Å²) in [5.41, 5.74) is 0.126. The van der Waals surface area contributed by atoms with E-state index < -0.39 is 0 Å². The molecule has 0 aliphatic carbocycles. The molecule has 3 aromatic rings. The maximum atomic E-state index is 12.7. The molecule has 0 atom stereocenters. The van der Waals surface area contributed by atoms with E-state index in [1.54, 1.807) is 17.8 Å². The third-order valence-corrected chi connectivity index (χ3v) is 4.72. The van der Waals surface area contributed by atoms with Gasteiger partial charge in [0.25, 0.3) is 5.56 Å². The van der Waals surface area contributed by atoms with Crippen molar-refractivity contribution in [3.63, 3.8) is 0 Å². The first-order chi connectivity index (χ1) is 10.7. The molecule has 0 saturated heterocycles. The highest BCUT2D eigenvalue weighted by Gasteiger charge is 2.17. The maximum Gasteiger partial charge on any atom is 0.331 e. The van der Waals surface area contributed by atoms with Crippen LogP contribution in [0.2, 0.25) is 0 Å². The summed E-state index contributed by atoms with van der Waals surface area (Å²) in [6, 6.07) is 7.73. The molecule has 0 fully saturated rings. The SMILES string of the molecule is C=CCn1c(=O)n(CCOC)c(=O)c2sc3ccccc3c21. The molecule has 114 valence electrons. The van der Waals surface area contributed by atoms with Gasteiger partial charge in [-0.15, -0.1) is 17.9 Å². The van der Waals surface area contributed by atoms with Crippen LogP contribution < -0.4 is 11.2 Å². The van der Waals surface area contributed by atoms with Crippen molar-refractivity contribution in [1.82, 2.24) is 9.13 Å². The number of methoxy groups -OCH3 is 1. The van der Waals surface area contributed by atoms with Gasteiger partial charge >= 0.3 is 5.69 Å². The van der Waals surface area contributed by atoms with E-state index >= 15 is 0 Å². The number of benzene rings is 1. The largest absolute Gasteiger partial charge is 0.383 e. The second kappa shape index (κ2) is 5.90. The van der Waals surface area contributed by atoms with Gasteiger partial charge in [0, 0.05) is 23.7 Å². The zero-order chi connectivity index (χ0) is 15.7. The Morgan fingerprint density at radius 2 is 2.05 bits per heavy atom. The van der Waals surface area contributed by atoms with Crippen molar-refractivity contribution in [2.24, 2.45) is 0 Å². The highest BCUT2D eigenvalue weighted by Crippen LogP contribution is 2.30. The number of nitrogens with zero attached hydrogens (tertiary/aromatic N) is 2. The van der Waals surface area contributed by atoms with Crippen LogP contribution in [0.3, 0.4) is 0 Å². The van der Waals surface area contributed by atoms with Crippen molar-refractivity contribution in [2.45, 2.75) is 13.1 Å². The summed E-state index contributed by atoms with van der Waals surface area (Å²) in [4.78, 5) is 25.3. The Balaban J connectivity index is 2.46. The van der Waals surface area contributed by atoms with Gasteiger partial charge in [-0.25, -0.2) is 4.79 Å². The molecule has 6 heteroatoms. The molecule has 2 heterocycles. The third kappa shape index (κ3) is 2.20. The Labute approximate surface area is 130 Å². The Morgan fingerprint density at radius 3 is 2.77 bits per heavy atom. The minimum Gasteiger partial charge on any atom is -0.383 e. The number of hydrogen-bond acceptors (Lipinski definition) is 4. The van der Waals surface area contributed by atoms with Gasteiger partial charge in [-0.2, -0.15) is 0 Å². The van der Waals surface area contributed by atoms with Gasteiger partial charge in [-0.3, -0.25) is 13.9 Å². The minimum absolute atomic E-state index is 0.246. The molecule has 0 aliphatic heterocycles. The summed E-state index contributed by atoms with van der Waals surface area (Å²) in [7, 11) is 1.55. The molecule has 0 unspecified atom stereocenters. The summed E-state index contributed by atoms with van der Waals surface area (Å²) >= 11 is 1.42. The van der Waals surface area contributed by atoms with E-state index in [4.69, 9.17) is 4.74 Å². The van der Waals surface area contributed by atoms with E-state index in [9.17, 15) is 9.59 Å². The van der Waals surface area contributed by atoms with Gasteiger partial charge < -0.3 is 4.74 Å². The molecular formula is C16H16N2O3S. The van der Waals surface area contributed by atoms with Gasteiger partial charge in [0.15, 0.2) is 0 Å². The molecule has 22 heavy (non-hydrogen) atoms. The highest BCUT2D eigenvalue weighted by atomic mass is 32.1. The van der Waals surface area contributed by atoms with Crippen LogP contribution in [-0.2, 0) is 17.8 Å². The number of rotatable bonds is 5. The van der Waals surface area contributed by atoms with E-state index in [1.807, 2.05) is 24.3 Å². The molecule has 0 aliphatic rings. The zero-order valence-corrected chi connectivity index (χ0v) is 13.1. The Morgan fingerprint density at radius 1 is 1.27 bits per heavy atom. The molecule has 0 radical (unpaired) electrons. The predicted molar refractivity (Wildman–Crippen MR) is 89.9 cm³/mol. The van der Waals surface area contributed by atoms with Crippen molar-refractivity contribution in [3.8, 4) is 0 Å². The summed E-state index contributed by atoms with van der Waals surface area (Å²) in [6.45, 7) is 4.64. The van der Waals surface area contributed by atoms with E-state index in [1.165, 1.54) is 15.9 Å². The van der Waals surface area contributed by atoms with Gasteiger partial charge in [0.05, 0.1) is 18.7 Å². The second-order valence-corrected chi connectivity index (χ2v) is 5.96. The van der Waals surface area contributed by atoms with Crippen molar-refractivity contribution in [1.29, 1.82) is 0 Å². The average molecular weight is 316 g/mol. The lowest BCUT2D eigenvalue weighted by atomic mass is 10.2. The smallest absolute Gasteiger partial charge is 0.331 e. The minimum atomic E-state index is -0.321. The van der Waals surface area contributed by atoms with Crippen LogP contribution >= 0.6 is 11.3 Å². The van der Waals surface area contributed by atoms with Crippen molar-refractivity contribution >= 4 is 31.6 Å². The number of thiophene rings is 1. The number of hydrogen-bond donors (Lipinski definition) is 0. The van der Waals surface area contributed by atoms with Gasteiger partial charge in [0.1, 0.15) is 4.70 Å². The molecular weight excluding hydrogens is 300 g/mol. The third-order valence-electron chi connectivity index (χ3n) is 3.57. The lowest BCUT2D eigenvalue weighted by molar-refractivity contribution is 0.184. The standard InChI is InChI=1S/C16H16N2O3S/c1-3-8-17-13-11-6-4-5-7-12(11)22-14(13)15(19)18(16(17)20)9-10-21-2/h3-7H,1,8-10H2,2H3. The van der Waals surface area contributed by atoms with E-state index in [-0.39, 0.29) is 17.8 Å². The normalized spacial score (nSPS) is 11.3. The lowest BCUT2D eigenvalue weighted by Gasteiger charge is -2.10. The van der Waals surface area contributed by atoms with Gasteiger partial charge in [-0.05, 0) is 6.07 Å². The molecule has 3 rings (SSSR count). The first kappa shape index (κ1) is 14.7. The fraction of sp³-hybridized carbons (Fsp3) is 0.250. The van der Waals surface area contributed by atoms with Gasteiger partial charge in [0.2, 0.25) is 0 Å². The lowest BCUT2D eigenvalue weighted by Crippen LogP contribution is -2.40. The van der Waals surface area contributed by atoms with Crippen molar-refractivity contribution < 1.29 is 4.74 Å². The molecule has 0 amide bonds. The van der Waals surface area contributed by atoms with Crippen LogP contribution in [0.4, 0.5) is 0 Å². The Kier molecular flexibility index (Phi) is 3.96. The van der Waals surface area contributed by atoms with Crippen molar-refractivity contribution in [3.05, 3.63) is 57.8 Å². The average Bonchev–Trinajstić information content (AvgIpc) is 2.91. The van der Waals surface area contributed by atoms with E-state index in [2.05, 4.69) is 6.58 Å². The molecule has 1 aromatic carbocycles. The van der Waals surface area contributed by atoms with E-state index in [0.29, 0.717) is 23.4 Å². The van der Waals surface area contributed by atoms with Crippen LogP contribution in [0.15, 0.2) is 46.5 Å². The topological polar surface area (TPSA) is 53.2 Å². The predicted octanol–water partition coefficient (Wildman–Crippen LogP) is 2.21. The van der Waals surface area contributed by atoms with Crippen LogP contribution in [0.1, 0.15) is 0 Å². The summed E-state index contributed by atoms with van der Waals surface area (Å²) in [5.74, 6) is 0. The number of ether oxygens (including phenoxy) is 1. The van der Waals surface area contributed by atoms with Crippen LogP contribution in [0.25, 0.3) is 20.3 Å². The monoisotopic (exact) mass is 316 g/mol. The Hall–Kier alpha value is -2.18. The van der Waals surface area contributed by atoms with E-state index in [0.717, 1.165) is 10.1 Å². The summed E-state index contributed by atoms with van der Waals surface area (Å²) < 4.78 is 9.44. The molecule has 5 nitrogen and oxygen atoms in total. The Bertz CT molecular complexity index is 965. The summed E-state index contributed by atoms with van der Waals surface area (Å²) in [6.07, 6.45) is 1.67. The number of fused-ring (bicyclic) bond motifs is 3. The molecule has 2 aromatic heterocycles. The molecule has 0 spiro atoms. The molecule has 0 N–H and O–H groups in total.